The minimum atomic E-state index is -3.72. The number of nitrogen functional groups attached to an aromatic ring is 1. The first kappa shape index (κ1) is 14.3. The maximum Gasteiger partial charge on any atom is 0.242 e. The Morgan fingerprint density at radius 3 is 2.82 bits per heavy atom. The van der Waals surface area contributed by atoms with Gasteiger partial charge < -0.3 is 5.73 Å². The van der Waals surface area contributed by atoms with Gasteiger partial charge in [-0.1, -0.05) is 6.07 Å². The van der Waals surface area contributed by atoms with E-state index >= 15 is 0 Å². The molecule has 0 aliphatic carbocycles. The fraction of sp³-hybridized carbons (Fsp3) is 0.400. The highest BCUT2D eigenvalue weighted by molar-refractivity contribution is 7.98. The average molecular weight is 278 g/mol. The molecule has 0 saturated heterocycles. The average Bonchev–Trinajstić information content (AvgIpc) is 2.28. The number of hydrogen-bond acceptors (Lipinski definition) is 4. The zero-order valence-electron chi connectivity index (χ0n) is 9.44. The summed E-state index contributed by atoms with van der Waals surface area (Å²) in [5.41, 5.74) is 5.06. The molecule has 7 heteroatoms. The molecule has 0 aliphatic rings. The molecule has 96 valence electrons. The van der Waals surface area contributed by atoms with Gasteiger partial charge in [0.15, 0.2) is 0 Å². The van der Waals surface area contributed by atoms with Gasteiger partial charge in [0.1, 0.15) is 10.7 Å². The maximum absolute atomic E-state index is 13.1. The molecule has 1 aromatic carbocycles. The molecule has 0 heterocycles. The Labute approximate surface area is 105 Å². The fourth-order valence-corrected chi connectivity index (χ4v) is 2.90. The standard InChI is InChI=1S/C10H15FN2O2S2/c1-16-7-3-6-13-17(14,15)9-5-2-4-8(11)10(9)12/h2,4-5,13H,3,6-7,12H2,1H3. The van der Waals surface area contributed by atoms with E-state index in [-0.39, 0.29) is 10.6 Å². The SMILES string of the molecule is CSCCCNS(=O)(=O)c1cccc(F)c1N. The summed E-state index contributed by atoms with van der Waals surface area (Å²) in [4.78, 5) is -0.207. The van der Waals surface area contributed by atoms with Gasteiger partial charge in [-0.2, -0.15) is 11.8 Å². The molecule has 0 fully saturated rings. The second-order valence-corrected chi connectivity index (χ2v) is 6.12. The Morgan fingerprint density at radius 1 is 1.47 bits per heavy atom. The highest BCUT2D eigenvalue weighted by atomic mass is 32.2. The van der Waals surface area contributed by atoms with Gasteiger partial charge in [-0.05, 0) is 30.6 Å². The van der Waals surface area contributed by atoms with Gasteiger partial charge in [0.05, 0.1) is 5.69 Å². The van der Waals surface area contributed by atoms with Crippen LogP contribution in [0, 0.1) is 5.82 Å². The van der Waals surface area contributed by atoms with Crippen LogP contribution in [-0.4, -0.2) is 27.0 Å². The van der Waals surface area contributed by atoms with Gasteiger partial charge in [-0.3, -0.25) is 0 Å². The molecule has 1 rings (SSSR count). The summed E-state index contributed by atoms with van der Waals surface area (Å²) in [6, 6.07) is 3.74. The topological polar surface area (TPSA) is 72.2 Å². The molecule has 0 aliphatic heterocycles. The summed E-state index contributed by atoms with van der Waals surface area (Å²) in [5, 5.41) is 0. The van der Waals surface area contributed by atoms with E-state index in [1.54, 1.807) is 11.8 Å². The van der Waals surface area contributed by atoms with Crippen molar-refractivity contribution in [1.29, 1.82) is 0 Å². The zero-order valence-corrected chi connectivity index (χ0v) is 11.1. The Balaban J connectivity index is 2.79. The van der Waals surface area contributed by atoms with Gasteiger partial charge in [-0.15, -0.1) is 0 Å². The summed E-state index contributed by atoms with van der Waals surface area (Å²) in [7, 11) is -3.72. The second-order valence-electron chi connectivity index (χ2n) is 3.40. The summed E-state index contributed by atoms with van der Waals surface area (Å²) in [6.45, 7) is 0.319. The maximum atomic E-state index is 13.1. The third-order valence-corrected chi connectivity index (χ3v) is 4.34. The van der Waals surface area contributed by atoms with Crippen molar-refractivity contribution in [3.8, 4) is 0 Å². The summed E-state index contributed by atoms with van der Waals surface area (Å²) >= 11 is 1.63. The molecule has 3 N–H and O–H groups in total. The van der Waals surface area contributed by atoms with Crippen LogP contribution >= 0.6 is 11.8 Å². The van der Waals surface area contributed by atoms with Crippen LogP contribution in [0.1, 0.15) is 6.42 Å². The quantitative estimate of drug-likeness (QED) is 0.610. The van der Waals surface area contributed by atoms with E-state index in [9.17, 15) is 12.8 Å². The minimum Gasteiger partial charge on any atom is -0.395 e. The Kier molecular flexibility index (Phi) is 5.23. The normalized spacial score (nSPS) is 11.6. The summed E-state index contributed by atoms with van der Waals surface area (Å²) < 4.78 is 39.1. The van der Waals surface area contributed by atoms with Gasteiger partial charge in [0, 0.05) is 6.54 Å². The number of nitrogens with two attached hydrogens (primary N) is 1. The van der Waals surface area contributed by atoms with E-state index in [0.29, 0.717) is 6.54 Å². The lowest BCUT2D eigenvalue weighted by Crippen LogP contribution is -2.26. The number of hydrogen-bond donors (Lipinski definition) is 2. The fourth-order valence-electron chi connectivity index (χ4n) is 1.25. The third-order valence-electron chi connectivity index (χ3n) is 2.12. The lowest BCUT2D eigenvalue weighted by molar-refractivity contribution is 0.578. The van der Waals surface area contributed by atoms with Gasteiger partial charge in [0.25, 0.3) is 0 Å². The third kappa shape index (κ3) is 3.86. The molecule has 1 aromatic rings. The van der Waals surface area contributed by atoms with Crippen LogP contribution in [0.25, 0.3) is 0 Å². The van der Waals surface area contributed by atoms with E-state index in [0.717, 1.165) is 18.2 Å². The first-order valence-electron chi connectivity index (χ1n) is 5.01. The van der Waals surface area contributed by atoms with E-state index in [1.165, 1.54) is 12.1 Å². The summed E-state index contributed by atoms with van der Waals surface area (Å²) in [5.74, 6) is 0.137. The lowest BCUT2D eigenvalue weighted by atomic mass is 10.3. The number of halogens is 1. The summed E-state index contributed by atoms with van der Waals surface area (Å²) in [6.07, 6.45) is 2.66. The van der Waals surface area contributed by atoms with Gasteiger partial charge in [0.2, 0.25) is 10.0 Å². The molecule has 0 saturated carbocycles. The molecule has 0 amide bonds. The van der Waals surface area contributed by atoms with E-state index in [4.69, 9.17) is 5.73 Å². The van der Waals surface area contributed by atoms with Crippen molar-refractivity contribution < 1.29 is 12.8 Å². The van der Waals surface area contributed by atoms with Gasteiger partial charge in [-0.25, -0.2) is 17.5 Å². The lowest BCUT2D eigenvalue weighted by Gasteiger charge is -2.09. The first-order chi connectivity index (χ1) is 7.99. The minimum absolute atomic E-state index is 0.207. The molecule has 0 bridgehead atoms. The molecular weight excluding hydrogens is 263 g/mol. The van der Waals surface area contributed by atoms with Crippen LogP contribution in [0.5, 0.6) is 0 Å². The zero-order chi connectivity index (χ0) is 12.9. The van der Waals surface area contributed by atoms with E-state index in [1.807, 2.05) is 6.26 Å². The van der Waals surface area contributed by atoms with Crippen LogP contribution in [0.4, 0.5) is 10.1 Å². The Morgan fingerprint density at radius 2 is 2.18 bits per heavy atom. The highest BCUT2D eigenvalue weighted by Gasteiger charge is 2.18. The molecule has 0 aromatic heterocycles. The van der Waals surface area contributed by atoms with Crippen molar-refractivity contribution in [2.45, 2.75) is 11.3 Å². The molecule has 0 radical (unpaired) electrons. The highest BCUT2D eigenvalue weighted by Crippen LogP contribution is 2.20. The number of anilines is 1. The van der Waals surface area contributed by atoms with Crippen LogP contribution in [0.15, 0.2) is 23.1 Å². The van der Waals surface area contributed by atoms with Crippen molar-refractivity contribution in [3.05, 3.63) is 24.0 Å². The van der Waals surface area contributed by atoms with Crippen molar-refractivity contribution in [3.63, 3.8) is 0 Å². The number of thioether (sulfide) groups is 1. The number of rotatable bonds is 6. The van der Waals surface area contributed by atoms with Crippen LogP contribution in [0.3, 0.4) is 0 Å². The van der Waals surface area contributed by atoms with Crippen LogP contribution in [-0.2, 0) is 10.0 Å². The Bertz CT molecular complexity index is 477. The molecule has 17 heavy (non-hydrogen) atoms. The molecule has 0 atom stereocenters. The number of benzene rings is 1. The van der Waals surface area contributed by atoms with Crippen molar-refractivity contribution in [1.82, 2.24) is 4.72 Å². The first-order valence-corrected chi connectivity index (χ1v) is 7.89. The molecule has 0 unspecified atom stereocenters. The van der Waals surface area contributed by atoms with Gasteiger partial charge >= 0.3 is 0 Å². The van der Waals surface area contributed by atoms with Crippen molar-refractivity contribution >= 4 is 27.5 Å². The molecular formula is C10H15FN2O2S2. The van der Waals surface area contributed by atoms with E-state index < -0.39 is 15.8 Å². The molecule has 0 spiro atoms. The number of para-hydroxylation sites is 1. The molecule has 4 nitrogen and oxygen atoms in total. The van der Waals surface area contributed by atoms with Crippen LogP contribution < -0.4 is 10.5 Å². The van der Waals surface area contributed by atoms with E-state index in [2.05, 4.69) is 4.72 Å². The Hall–Kier alpha value is -0.790. The predicted molar refractivity (Wildman–Crippen MR) is 69.0 cm³/mol. The second kappa shape index (κ2) is 6.23. The van der Waals surface area contributed by atoms with Crippen LogP contribution in [0.2, 0.25) is 0 Å². The largest absolute Gasteiger partial charge is 0.395 e. The smallest absolute Gasteiger partial charge is 0.242 e. The predicted octanol–water partition coefficient (Wildman–Crippen LogP) is 1.44. The monoisotopic (exact) mass is 278 g/mol. The number of sulfonamides is 1. The van der Waals surface area contributed by atoms with Crippen molar-refractivity contribution in [2.75, 3.05) is 24.3 Å². The number of nitrogens with one attached hydrogen (secondary N) is 1. The van der Waals surface area contributed by atoms with Crippen molar-refractivity contribution in [2.24, 2.45) is 0 Å².